The summed E-state index contributed by atoms with van der Waals surface area (Å²) in [5, 5.41) is 8.67. The highest BCUT2D eigenvalue weighted by atomic mass is 16.6. The lowest BCUT2D eigenvalue weighted by atomic mass is 10.2. The summed E-state index contributed by atoms with van der Waals surface area (Å²) in [4.78, 5) is 26.6. The fraction of sp³-hybridized carbons (Fsp3) is 0.417. The number of nitrogens with zero attached hydrogens (tertiary/aromatic N) is 1. The number of rotatable bonds is 6. The van der Waals surface area contributed by atoms with Crippen LogP contribution in [0.2, 0.25) is 0 Å². The number of amides is 3. The lowest BCUT2D eigenvalue weighted by molar-refractivity contribution is 0.0523. The summed E-state index contributed by atoms with van der Waals surface area (Å²) in [7, 11) is 0. The van der Waals surface area contributed by atoms with Crippen molar-refractivity contribution in [1.29, 1.82) is 0 Å². The van der Waals surface area contributed by atoms with E-state index in [4.69, 9.17) is 4.74 Å². The van der Waals surface area contributed by atoms with Crippen LogP contribution in [0.25, 0.3) is 0 Å². The first-order chi connectivity index (χ1) is 14.8. The van der Waals surface area contributed by atoms with Gasteiger partial charge in [-0.05, 0) is 50.5 Å². The standard InChI is InChI=1S/C24H32N4O3/c1-24(2,3)31-23(30)25-15-19-10-7-11-20(14-19)26-22(29)27-21-12-13-28(17-21)16-18-8-5-4-6-9-18/h4-11,14,21H,12-13,15-17H2,1-3H3,(H,25,30)(H2,26,27,29). The fourth-order valence-electron chi connectivity index (χ4n) is 3.54. The van der Waals surface area contributed by atoms with Crippen LogP contribution in [0.15, 0.2) is 54.6 Å². The van der Waals surface area contributed by atoms with Crippen molar-refractivity contribution < 1.29 is 14.3 Å². The molecule has 1 unspecified atom stereocenters. The van der Waals surface area contributed by atoms with Crippen LogP contribution in [0.1, 0.15) is 38.3 Å². The van der Waals surface area contributed by atoms with E-state index in [2.05, 4.69) is 33.0 Å². The monoisotopic (exact) mass is 424 g/mol. The van der Waals surface area contributed by atoms with E-state index in [-0.39, 0.29) is 12.1 Å². The number of carbonyl (C=O) groups excluding carboxylic acids is 2. The molecule has 31 heavy (non-hydrogen) atoms. The molecular formula is C24H32N4O3. The number of ether oxygens (including phenoxy) is 1. The molecule has 0 bridgehead atoms. The van der Waals surface area contributed by atoms with E-state index in [0.717, 1.165) is 31.6 Å². The number of anilines is 1. The first-order valence-electron chi connectivity index (χ1n) is 10.7. The van der Waals surface area contributed by atoms with Crippen molar-refractivity contribution in [2.75, 3.05) is 18.4 Å². The second kappa shape index (κ2) is 10.3. The number of benzene rings is 2. The van der Waals surface area contributed by atoms with Crippen molar-refractivity contribution in [2.24, 2.45) is 0 Å². The zero-order valence-corrected chi connectivity index (χ0v) is 18.5. The molecule has 3 N–H and O–H groups in total. The Morgan fingerprint density at radius 1 is 1.06 bits per heavy atom. The molecule has 3 amide bonds. The molecule has 1 aliphatic rings. The molecule has 1 fully saturated rings. The first-order valence-corrected chi connectivity index (χ1v) is 10.7. The smallest absolute Gasteiger partial charge is 0.407 e. The van der Waals surface area contributed by atoms with Gasteiger partial charge in [-0.2, -0.15) is 0 Å². The Kier molecular flexibility index (Phi) is 7.52. The molecule has 1 aliphatic heterocycles. The average molecular weight is 425 g/mol. The third-order valence-electron chi connectivity index (χ3n) is 4.88. The molecule has 0 aromatic heterocycles. The van der Waals surface area contributed by atoms with Crippen molar-refractivity contribution in [3.63, 3.8) is 0 Å². The second-order valence-corrected chi connectivity index (χ2v) is 8.86. The van der Waals surface area contributed by atoms with Crippen LogP contribution in [-0.2, 0) is 17.8 Å². The number of urea groups is 1. The predicted molar refractivity (Wildman–Crippen MR) is 122 cm³/mol. The average Bonchev–Trinajstić information content (AvgIpc) is 3.12. The van der Waals surface area contributed by atoms with Gasteiger partial charge in [0.1, 0.15) is 5.60 Å². The summed E-state index contributed by atoms with van der Waals surface area (Å²) in [5.74, 6) is 0. The zero-order chi connectivity index (χ0) is 22.3. The quantitative estimate of drug-likeness (QED) is 0.652. The van der Waals surface area contributed by atoms with E-state index in [1.807, 2.05) is 63.2 Å². The highest BCUT2D eigenvalue weighted by Gasteiger charge is 2.23. The van der Waals surface area contributed by atoms with Crippen LogP contribution < -0.4 is 16.0 Å². The predicted octanol–water partition coefficient (Wildman–Crippen LogP) is 4.11. The van der Waals surface area contributed by atoms with Gasteiger partial charge >= 0.3 is 12.1 Å². The molecule has 3 rings (SSSR count). The molecular weight excluding hydrogens is 392 g/mol. The van der Waals surface area contributed by atoms with Gasteiger partial charge in [0.25, 0.3) is 0 Å². The largest absolute Gasteiger partial charge is 0.444 e. The van der Waals surface area contributed by atoms with Crippen LogP contribution in [0.4, 0.5) is 15.3 Å². The van der Waals surface area contributed by atoms with E-state index in [1.54, 1.807) is 0 Å². The molecule has 1 saturated heterocycles. The van der Waals surface area contributed by atoms with Crippen LogP contribution in [0, 0.1) is 0 Å². The normalized spacial score (nSPS) is 16.5. The Morgan fingerprint density at radius 3 is 2.55 bits per heavy atom. The minimum absolute atomic E-state index is 0.126. The van der Waals surface area contributed by atoms with Crippen LogP contribution in [0.3, 0.4) is 0 Å². The molecule has 2 aromatic rings. The molecule has 0 aliphatic carbocycles. The van der Waals surface area contributed by atoms with Gasteiger partial charge in [0, 0.05) is 37.9 Å². The maximum absolute atomic E-state index is 12.4. The second-order valence-electron chi connectivity index (χ2n) is 8.86. The molecule has 2 aromatic carbocycles. The maximum atomic E-state index is 12.4. The van der Waals surface area contributed by atoms with Gasteiger partial charge in [-0.15, -0.1) is 0 Å². The zero-order valence-electron chi connectivity index (χ0n) is 18.5. The minimum atomic E-state index is -0.539. The number of hydrogen-bond donors (Lipinski definition) is 3. The summed E-state index contributed by atoms with van der Waals surface area (Å²) in [6.07, 6.45) is 0.463. The van der Waals surface area contributed by atoms with E-state index in [0.29, 0.717) is 12.2 Å². The molecule has 7 nitrogen and oxygen atoms in total. The van der Waals surface area contributed by atoms with Gasteiger partial charge in [0.2, 0.25) is 0 Å². The lowest BCUT2D eigenvalue weighted by Gasteiger charge is -2.19. The molecule has 1 atom stereocenters. The summed E-state index contributed by atoms with van der Waals surface area (Å²) < 4.78 is 5.24. The highest BCUT2D eigenvalue weighted by molar-refractivity contribution is 5.89. The van der Waals surface area contributed by atoms with Gasteiger partial charge < -0.3 is 20.7 Å². The van der Waals surface area contributed by atoms with Gasteiger partial charge in [-0.1, -0.05) is 42.5 Å². The van der Waals surface area contributed by atoms with Crippen LogP contribution >= 0.6 is 0 Å². The number of nitrogens with one attached hydrogen (secondary N) is 3. The van der Waals surface area contributed by atoms with Crippen molar-refractivity contribution in [1.82, 2.24) is 15.5 Å². The van der Waals surface area contributed by atoms with Crippen molar-refractivity contribution in [3.8, 4) is 0 Å². The Morgan fingerprint density at radius 2 is 1.81 bits per heavy atom. The number of carbonyl (C=O) groups is 2. The van der Waals surface area contributed by atoms with E-state index in [9.17, 15) is 9.59 Å². The van der Waals surface area contributed by atoms with E-state index >= 15 is 0 Å². The van der Waals surface area contributed by atoms with Crippen molar-refractivity contribution in [2.45, 2.75) is 51.9 Å². The fourth-order valence-corrected chi connectivity index (χ4v) is 3.54. The molecule has 0 radical (unpaired) electrons. The van der Waals surface area contributed by atoms with Crippen LogP contribution in [-0.4, -0.2) is 41.8 Å². The third kappa shape index (κ3) is 7.94. The Labute approximate surface area is 184 Å². The van der Waals surface area contributed by atoms with Crippen LogP contribution in [0.5, 0.6) is 0 Å². The summed E-state index contributed by atoms with van der Waals surface area (Å²) in [5.41, 5.74) is 2.30. The first kappa shape index (κ1) is 22.6. The molecule has 166 valence electrons. The SMILES string of the molecule is CC(C)(C)OC(=O)NCc1cccc(NC(=O)NC2CCN(Cc3ccccc3)C2)c1. The van der Waals surface area contributed by atoms with Gasteiger partial charge in [-0.25, -0.2) is 9.59 Å². The van der Waals surface area contributed by atoms with E-state index in [1.165, 1.54) is 5.56 Å². The van der Waals surface area contributed by atoms with E-state index < -0.39 is 11.7 Å². The van der Waals surface area contributed by atoms with Gasteiger partial charge in [-0.3, -0.25) is 4.90 Å². The number of likely N-dealkylation sites (tertiary alicyclic amines) is 1. The van der Waals surface area contributed by atoms with Gasteiger partial charge in [0.15, 0.2) is 0 Å². The number of alkyl carbamates (subject to hydrolysis) is 1. The lowest BCUT2D eigenvalue weighted by Crippen LogP contribution is -2.39. The summed E-state index contributed by atoms with van der Waals surface area (Å²) in [6, 6.07) is 17.7. The Bertz CT molecular complexity index is 880. The molecule has 1 heterocycles. The number of hydrogen-bond acceptors (Lipinski definition) is 4. The van der Waals surface area contributed by atoms with Crippen molar-refractivity contribution >= 4 is 17.8 Å². The third-order valence-corrected chi connectivity index (χ3v) is 4.88. The van der Waals surface area contributed by atoms with Gasteiger partial charge in [0.05, 0.1) is 0 Å². The molecule has 0 spiro atoms. The summed E-state index contributed by atoms with van der Waals surface area (Å²) >= 11 is 0. The highest BCUT2D eigenvalue weighted by Crippen LogP contribution is 2.15. The molecule has 0 saturated carbocycles. The summed E-state index contributed by atoms with van der Waals surface area (Å²) in [6.45, 7) is 8.48. The Hall–Kier alpha value is -3.06. The maximum Gasteiger partial charge on any atom is 0.407 e. The Balaban J connectivity index is 1.43. The topological polar surface area (TPSA) is 82.7 Å². The minimum Gasteiger partial charge on any atom is -0.444 e. The molecule has 7 heteroatoms. The van der Waals surface area contributed by atoms with Crippen molar-refractivity contribution in [3.05, 3.63) is 65.7 Å².